The molecule has 1 aromatic rings. The predicted octanol–water partition coefficient (Wildman–Crippen LogP) is 1.70. The molecule has 0 amide bonds. The third-order valence-electron chi connectivity index (χ3n) is 3.74. The third-order valence-corrected chi connectivity index (χ3v) is 3.74. The van der Waals surface area contributed by atoms with E-state index in [4.69, 9.17) is 5.26 Å². The Kier molecular flexibility index (Phi) is 4.39. The topological polar surface area (TPSA) is 49.0 Å². The van der Waals surface area contributed by atoms with Crippen molar-refractivity contribution in [1.82, 2.24) is 9.47 Å². The number of aromatic nitrogens is 1. The third kappa shape index (κ3) is 2.87. The minimum atomic E-state index is 0.0401. The smallest absolute Gasteiger partial charge is 0.255 e. The maximum atomic E-state index is 12.4. The molecule has 1 aromatic heterocycles. The molecule has 0 saturated heterocycles. The Balaban J connectivity index is 2.49. The molecule has 19 heavy (non-hydrogen) atoms. The van der Waals surface area contributed by atoms with Crippen molar-refractivity contribution in [2.24, 2.45) is 0 Å². The second-order valence-corrected chi connectivity index (χ2v) is 5.27. The Morgan fingerprint density at radius 2 is 2.26 bits per heavy atom. The molecule has 1 aliphatic heterocycles. The van der Waals surface area contributed by atoms with E-state index in [-0.39, 0.29) is 12.0 Å². The van der Waals surface area contributed by atoms with Gasteiger partial charge in [-0.2, -0.15) is 5.26 Å². The molecule has 4 heteroatoms. The Bertz CT molecular complexity index is 554. The Morgan fingerprint density at radius 1 is 1.47 bits per heavy atom. The summed E-state index contributed by atoms with van der Waals surface area (Å²) in [4.78, 5) is 14.7. The van der Waals surface area contributed by atoms with Crippen molar-refractivity contribution in [1.29, 1.82) is 5.26 Å². The standard InChI is InChI=1S/C15H21N3O/c1-3-4-8-18-14-6-9-17(2)11-13(14)10-12(5-7-16)15(18)19/h10H,3-6,8-9,11H2,1-2H3. The van der Waals surface area contributed by atoms with E-state index >= 15 is 0 Å². The van der Waals surface area contributed by atoms with E-state index in [1.54, 1.807) is 0 Å². The van der Waals surface area contributed by atoms with Gasteiger partial charge in [-0.15, -0.1) is 0 Å². The van der Waals surface area contributed by atoms with Crippen molar-refractivity contribution < 1.29 is 0 Å². The monoisotopic (exact) mass is 259 g/mol. The first-order valence-electron chi connectivity index (χ1n) is 6.97. The molecule has 0 N–H and O–H groups in total. The lowest BCUT2D eigenvalue weighted by atomic mass is 10.0. The lowest BCUT2D eigenvalue weighted by Crippen LogP contribution is -2.35. The summed E-state index contributed by atoms with van der Waals surface area (Å²) in [6, 6.07) is 4.04. The molecular formula is C15H21N3O. The maximum absolute atomic E-state index is 12.4. The van der Waals surface area contributed by atoms with Gasteiger partial charge in [-0.1, -0.05) is 13.3 Å². The Morgan fingerprint density at radius 3 is 2.95 bits per heavy atom. The van der Waals surface area contributed by atoms with Crippen LogP contribution in [0.4, 0.5) is 0 Å². The fourth-order valence-corrected chi connectivity index (χ4v) is 2.69. The van der Waals surface area contributed by atoms with Gasteiger partial charge in [0.05, 0.1) is 12.5 Å². The average Bonchev–Trinajstić information content (AvgIpc) is 2.39. The van der Waals surface area contributed by atoms with Gasteiger partial charge in [0.15, 0.2) is 0 Å². The summed E-state index contributed by atoms with van der Waals surface area (Å²) in [6.07, 6.45) is 3.22. The van der Waals surface area contributed by atoms with Gasteiger partial charge in [0.25, 0.3) is 5.56 Å². The van der Waals surface area contributed by atoms with Gasteiger partial charge in [0.2, 0.25) is 0 Å². The first-order chi connectivity index (χ1) is 9.17. The van der Waals surface area contributed by atoms with Crippen LogP contribution in [0, 0.1) is 11.3 Å². The zero-order chi connectivity index (χ0) is 13.8. The molecule has 0 fully saturated rings. The van der Waals surface area contributed by atoms with Gasteiger partial charge < -0.3 is 9.47 Å². The van der Waals surface area contributed by atoms with Gasteiger partial charge >= 0.3 is 0 Å². The van der Waals surface area contributed by atoms with Crippen LogP contribution >= 0.6 is 0 Å². The van der Waals surface area contributed by atoms with Gasteiger partial charge in [0, 0.05) is 37.3 Å². The number of hydrogen-bond acceptors (Lipinski definition) is 3. The van der Waals surface area contributed by atoms with Gasteiger partial charge in [0.1, 0.15) is 0 Å². The van der Waals surface area contributed by atoms with E-state index in [2.05, 4.69) is 24.9 Å². The quantitative estimate of drug-likeness (QED) is 0.827. The van der Waals surface area contributed by atoms with E-state index in [0.29, 0.717) is 5.56 Å². The molecule has 4 nitrogen and oxygen atoms in total. The number of pyridine rings is 1. The molecule has 0 atom stereocenters. The van der Waals surface area contributed by atoms with Crippen LogP contribution < -0.4 is 5.56 Å². The van der Waals surface area contributed by atoms with Crippen LogP contribution in [0.25, 0.3) is 0 Å². The van der Waals surface area contributed by atoms with Crippen LogP contribution in [0.3, 0.4) is 0 Å². The average molecular weight is 259 g/mol. The van der Waals surface area contributed by atoms with E-state index in [0.717, 1.165) is 38.9 Å². The highest BCUT2D eigenvalue weighted by Crippen LogP contribution is 2.18. The molecular weight excluding hydrogens is 238 g/mol. The summed E-state index contributed by atoms with van der Waals surface area (Å²) in [6.45, 7) is 4.78. The number of fused-ring (bicyclic) bond motifs is 1. The predicted molar refractivity (Wildman–Crippen MR) is 75.0 cm³/mol. The van der Waals surface area contributed by atoms with Crippen molar-refractivity contribution >= 4 is 0 Å². The highest BCUT2D eigenvalue weighted by Gasteiger charge is 2.19. The fourth-order valence-electron chi connectivity index (χ4n) is 2.69. The number of rotatable bonds is 4. The molecule has 1 aliphatic rings. The molecule has 0 aromatic carbocycles. The summed E-state index contributed by atoms with van der Waals surface area (Å²) in [5.41, 5.74) is 3.08. The SMILES string of the molecule is CCCCn1c2c(cc(CC#N)c1=O)CN(C)CC2. The fraction of sp³-hybridized carbons (Fsp3) is 0.600. The number of likely N-dealkylation sites (N-methyl/N-ethyl adjacent to an activating group) is 1. The molecule has 0 unspecified atom stereocenters. The minimum absolute atomic E-state index is 0.0401. The summed E-state index contributed by atoms with van der Waals surface area (Å²) in [5.74, 6) is 0. The lowest BCUT2D eigenvalue weighted by molar-refractivity contribution is 0.303. The lowest BCUT2D eigenvalue weighted by Gasteiger charge is -2.28. The van der Waals surface area contributed by atoms with E-state index in [1.165, 1.54) is 11.3 Å². The second-order valence-electron chi connectivity index (χ2n) is 5.27. The Hall–Kier alpha value is -1.60. The first kappa shape index (κ1) is 13.8. The zero-order valence-corrected chi connectivity index (χ0v) is 11.8. The van der Waals surface area contributed by atoms with Crippen LogP contribution in [0.1, 0.15) is 36.6 Å². The van der Waals surface area contributed by atoms with Crippen LogP contribution in [-0.4, -0.2) is 23.1 Å². The first-order valence-corrected chi connectivity index (χ1v) is 6.97. The van der Waals surface area contributed by atoms with Crippen LogP contribution in [0.5, 0.6) is 0 Å². The Labute approximate surface area is 114 Å². The van der Waals surface area contributed by atoms with Crippen molar-refractivity contribution in [3.63, 3.8) is 0 Å². The molecule has 0 saturated carbocycles. The van der Waals surface area contributed by atoms with Crippen molar-refractivity contribution in [2.75, 3.05) is 13.6 Å². The van der Waals surface area contributed by atoms with E-state index in [1.807, 2.05) is 10.6 Å². The molecule has 0 spiro atoms. The maximum Gasteiger partial charge on any atom is 0.255 e. The molecule has 2 heterocycles. The summed E-state index contributed by atoms with van der Waals surface area (Å²) >= 11 is 0. The van der Waals surface area contributed by atoms with Crippen LogP contribution in [0.15, 0.2) is 10.9 Å². The molecule has 0 bridgehead atoms. The van der Waals surface area contributed by atoms with Crippen molar-refractivity contribution in [3.8, 4) is 6.07 Å². The summed E-state index contributed by atoms with van der Waals surface area (Å²) in [5, 5.41) is 8.86. The van der Waals surface area contributed by atoms with Gasteiger partial charge in [-0.05, 0) is 25.1 Å². The molecule has 0 radical (unpaired) electrons. The van der Waals surface area contributed by atoms with Crippen LogP contribution in [0.2, 0.25) is 0 Å². The molecule has 0 aliphatic carbocycles. The highest BCUT2D eigenvalue weighted by atomic mass is 16.1. The second kappa shape index (κ2) is 6.03. The largest absolute Gasteiger partial charge is 0.312 e. The highest BCUT2D eigenvalue weighted by molar-refractivity contribution is 5.30. The summed E-state index contributed by atoms with van der Waals surface area (Å²) in [7, 11) is 2.09. The molecule has 102 valence electrons. The normalized spacial score (nSPS) is 15.0. The molecule has 2 rings (SSSR count). The van der Waals surface area contributed by atoms with Crippen LogP contribution in [-0.2, 0) is 25.9 Å². The van der Waals surface area contributed by atoms with Gasteiger partial charge in [-0.25, -0.2) is 0 Å². The number of unbranched alkanes of at least 4 members (excludes halogenated alkanes) is 1. The van der Waals surface area contributed by atoms with E-state index < -0.39 is 0 Å². The summed E-state index contributed by atoms with van der Waals surface area (Å²) < 4.78 is 1.92. The van der Waals surface area contributed by atoms with Crippen molar-refractivity contribution in [2.45, 2.75) is 45.7 Å². The van der Waals surface area contributed by atoms with Crippen molar-refractivity contribution in [3.05, 3.63) is 33.2 Å². The van der Waals surface area contributed by atoms with Gasteiger partial charge in [-0.3, -0.25) is 4.79 Å². The number of nitriles is 1. The minimum Gasteiger partial charge on any atom is -0.312 e. The van der Waals surface area contributed by atoms with E-state index in [9.17, 15) is 4.79 Å². The number of nitrogens with zero attached hydrogens (tertiary/aromatic N) is 3. The number of hydrogen-bond donors (Lipinski definition) is 0. The zero-order valence-electron chi connectivity index (χ0n) is 11.8.